The standard InChI is InChI=1S/C18H16O2/c1-2-17(19)13-10-14-8-11-16(12-9-14)18(20)15-6-4-3-5-7-15/h3-13H,2H2,1H3. The molecule has 2 aromatic rings. The first-order valence-corrected chi connectivity index (χ1v) is 6.61. The van der Waals surface area contributed by atoms with Gasteiger partial charge in [0.2, 0.25) is 0 Å². The van der Waals surface area contributed by atoms with Gasteiger partial charge in [0.25, 0.3) is 0 Å². The van der Waals surface area contributed by atoms with Gasteiger partial charge >= 0.3 is 0 Å². The van der Waals surface area contributed by atoms with Crippen LogP contribution in [0.15, 0.2) is 60.7 Å². The van der Waals surface area contributed by atoms with Gasteiger partial charge in [-0.15, -0.1) is 0 Å². The molecule has 0 aromatic heterocycles. The lowest BCUT2D eigenvalue weighted by Gasteiger charge is -2.01. The van der Waals surface area contributed by atoms with Gasteiger partial charge in [-0.3, -0.25) is 9.59 Å². The van der Waals surface area contributed by atoms with Crippen molar-refractivity contribution in [1.29, 1.82) is 0 Å². The zero-order chi connectivity index (χ0) is 14.4. The molecule has 100 valence electrons. The smallest absolute Gasteiger partial charge is 0.193 e. The summed E-state index contributed by atoms with van der Waals surface area (Å²) in [5.74, 6) is 0.0974. The van der Waals surface area contributed by atoms with Crippen molar-refractivity contribution in [3.05, 3.63) is 77.4 Å². The van der Waals surface area contributed by atoms with Crippen molar-refractivity contribution in [3.63, 3.8) is 0 Å². The number of carbonyl (C=O) groups is 2. The van der Waals surface area contributed by atoms with Crippen LogP contribution in [-0.4, -0.2) is 11.6 Å². The van der Waals surface area contributed by atoms with Crippen LogP contribution >= 0.6 is 0 Å². The van der Waals surface area contributed by atoms with Gasteiger partial charge in [-0.1, -0.05) is 67.6 Å². The number of carbonyl (C=O) groups excluding carboxylic acids is 2. The van der Waals surface area contributed by atoms with E-state index < -0.39 is 0 Å². The van der Waals surface area contributed by atoms with E-state index in [2.05, 4.69) is 0 Å². The molecule has 0 heterocycles. The first-order valence-electron chi connectivity index (χ1n) is 6.61. The molecule has 2 rings (SSSR count). The number of rotatable bonds is 5. The fourth-order valence-electron chi connectivity index (χ4n) is 1.81. The van der Waals surface area contributed by atoms with Crippen LogP contribution in [0.4, 0.5) is 0 Å². The van der Waals surface area contributed by atoms with Crippen molar-refractivity contribution < 1.29 is 9.59 Å². The first-order chi connectivity index (χ1) is 9.70. The van der Waals surface area contributed by atoms with Crippen molar-refractivity contribution in [2.45, 2.75) is 13.3 Å². The summed E-state index contributed by atoms with van der Waals surface area (Å²) in [6.45, 7) is 1.83. The van der Waals surface area contributed by atoms with Crippen molar-refractivity contribution >= 4 is 17.6 Å². The third-order valence-electron chi connectivity index (χ3n) is 3.02. The highest BCUT2D eigenvalue weighted by molar-refractivity contribution is 6.09. The normalized spacial score (nSPS) is 10.7. The summed E-state index contributed by atoms with van der Waals surface area (Å²) in [5, 5.41) is 0. The molecule has 0 aliphatic carbocycles. The van der Waals surface area contributed by atoms with Gasteiger partial charge in [0.1, 0.15) is 0 Å². The van der Waals surface area contributed by atoms with Crippen molar-refractivity contribution in [2.75, 3.05) is 0 Å². The Labute approximate surface area is 118 Å². The molecule has 0 spiro atoms. The molecule has 0 bridgehead atoms. The summed E-state index contributed by atoms with van der Waals surface area (Å²) in [7, 11) is 0. The molecule has 0 fully saturated rings. The molecule has 0 radical (unpaired) electrons. The number of allylic oxidation sites excluding steroid dienone is 1. The highest BCUT2D eigenvalue weighted by atomic mass is 16.1. The van der Waals surface area contributed by atoms with E-state index in [1.807, 2.05) is 37.3 Å². The second kappa shape index (κ2) is 6.62. The number of ketones is 2. The topological polar surface area (TPSA) is 34.1 Å². The highest BCUT2D eigenvalue weighted by Gasteiger charge is 2.07. The van der Waals surface area contributed by atoms with Gasteiger partial charge in [0, 0.05) is 17.5 Å². The molecular weight excluding hydrogens is 248 g/mol. The summed E-state index contributed by atoms with van der Waals surface area (Å²) in [4.78, 5) is 23.4. The Morgan fingerprint density at radius 2 is 1.50 bits per heavy atom. The average Bonchev–Trinajstić information content (AvgIpc) is 2.53. The van der Waals surface area contributed by atoms with Crippen molar-refractivity contribution in [1.82, 2.24) is 0 Å². The fraction of sp³-hybridized carbons (Fsp3) is 0.111. The lowest BCUT2D eigenvalue weighted by Crippen LogP contribution is -2.00. The van der Waals surface area contributed by atoms with Crippen LogP contribution in [0.2, 0.25) is 0 Å². The maximum Gasteiger partial charge on any atom is 0.193 e. The first kappa shape index (κ1) is 13.9. The Morgan fingerprint density at radius 3 is 2.10 bits per heavy atom. The Hall–Kier alpha value is -2.48. The maximum atomic E-state index is 12.2. The average molecular weight is 264 g/mol. The summed E-state index contributed by atoms with van der Waals surface area (Å²) in [6, 6.07) is 16.4. The van der Waals surface area contributed by atoms with Crippen LogP contribution in [0.1, 0.15) is 34.8 Å². The molecule has 0 N–H and O–H groups in total. The van der Waals surface area contributed by atoms with Crippen LogP contribution in [0.25, 0.3) is 6.08 Å². The lowest BCUT2D eigenvalue weighted by molar-refractivity contribution is -0.114. The van der Waals surface area contributed by atoms with Gasteiger partial charge in [-0.05, 0) is 11.6 Å². The van der Waals surface area contributed by atoms with Crippen LogP contribution in [0.5, 0.6) is 0 Å². The Balaban J connectivity index is 2.14. The van der Waals surface area contributed by atoms with E-state index in [1.54, 1.807) is 36.4 Å². The molecule has 0 aliphatic heterocycles. The molecular formula is C18H16O2. The van der Waals surface area contributed by atoms with Crippen LogP contribution in [0.3, 0.4) is 0 Å². The maximum absolute atomic E-state index is 12.2. The van der Waals surface area contributed by atoms with E-state index in [0.29, 0.717) is 17.5 Å². The second-order valence-corrected chi connectivity index (χ2v) is 4.47. The summed E-state index contributed by atoms with van der Waals surface area (Å²) in [5.41, 5.74) is 2.24. The van der Waals surface area contributed by atoms with Crippen molar-refractivity contribution in [3.8, 4) is 0 Å². The summed E-state index contributed by atoms with van der Waals surface area (Å²) >= 11 is 0. The molecule has 0 saturated heterocycles. The zero-order valence-electron chi connectivity index (χ0n) is 11.4. The van der Waals surface area contributed by atoms with E-state index >= 15 is 0 Å². The largest absolute Gasteiger partial charge is 0.295 e. The van der Waals surface area contributed by atoms with E-state index in [-0.39, 0.29) is 11.6 Å². The minimum atomic E-state index is 0.00534. The Kier molecular flexibility index (Phi) is 4.61. The van der Waals surface area contributed by atoms with E-state index in [1.165, 1.54) is 0 Å². The molecule has 0 saturated carbocycles. The van der Waals surface area contributed by atoms with Gasteiger partial charge in [-0.25, -0.2) is 0 Å². The fourth-order valence-corrected chi connectivity index (χ4v) is 1.81. The molecule has 0 atom stereocenters. The lowest BCUT2D eigenvalue weighted by atomic mass is 10.0. The minimum absolute atomic E-state index is 0.00534. The third-order valence-corrected chi connectivity index (χ3v) is 3.02. The molecule has 2 aromatic carbocycles. The number of benzene rings is 2. The quantitative estimate of drug-likeness (QED) is 0.606. The van der Waals surface area contributed by atoms with E-state index in [9.17, 15) is 9.59 Å². The van der Waals surface area contributed by atoms with Crippen LogP contribution in [0, 0.1) is 0 Å². The minimum Gasteiger partial charge on any atom is -0.295 e. The van der Waals surface area contributed by atoms with Gasteiger partial charge in [-0.2, -0.15) is 0 Å². The van der Waals surface area contributed by atoms with Crippen molar-refractivity contribution in [2.24, 2.45) is 0 Å². The molecule has 0 unspecified atom stereocenters. The zero-order valence-corrected chi connectivity index (χ0v) is 11.4. The monoisotopic (exact) mass is 264 g/mol. The van der Waals surface area contributed by atoms with Crippen LogP contribution < -0.4 is 0 Å². The number of hydrogen-bond acceptors (Lipinski definition) is 2. The molecule has 2 heteroatoms. The Bertz CT molecular complexity index is 622. The van der Waals surface area contributed by atoms with E-state index in [0.717, 1.165) is 5.56 Å². The predicted molar refractivity (Wildman–Crippen MR) is 80.6 cm³/mol. The van der Waals surface area contributed by atoms with Crippen LogP contribution in [-0.2, 0) is 4.79 Å². The van der Waals surface area contributed by atoms with Gasteiger partial charge in [0.15, 0.2) is 11.6 Å². The molecule has 0 amide bonds. The SMILES string of the molecule is CCC(=O)C=Cc1ccc(C(=O)c2ccccc2)cc1. The van der Waals surface area contributed by atoms with Gasteiger partial charge < -0.3 is 0 Å². The third kappa shape index (κ3) is 3.51. The highest BCUT2D eigenvalue weighted by Crippen LogP contribution is 2.12. The molecule has 2 nitrogen and oxygen atoms in total. The molecule has 20 heavy (non-hydrogen) atoms. The molecule has 0 aliphatic rings. The second-order valence-electron chi connectivity index (χ2n) is 4.47. The van der Waals surface area contributed by atoms with E-state index in [4.69, 9.17) is 0 Å². The summed E-state index contributed by atoms with van der Waals surface area (Å²) in [6.07, 6.45) is 3.83. The summed E-state index contributed by atoms with van der Waals surface area (Å²) < 4.78 is 0. The Morgan fingerprint density at radius 1 is 0.900 bits per heavy atom. The predicted octanol–water partition coefficient (Wildman–Crippen LogP) is 3.91. The van der Waals surface area contributed by atoms with Gasteiger partial charge in [0.05, 0.1) is 0 Å². The number of hydrogen-bond donors (Lipinski definition) is 0.